The van der Waals surface area contributed by atoms with E-state index in [-0.39, 0.29) is 4.90 Å². The second-order valence-electron chi connectivity index (χ2n) is 4.11. The van der Waals surface area contributed by atoms with Crippen LogP contribution in [0.2, 0.25) is 0 Å². The van der Waals surface area contributed by atoms with E-state index in [2.05, 4.69) is 16.2 Å². The van der Waals surface area contributed by atoms with Crippen molar-refractivity contribution >= 4 is 15.8 Å². The number of sulfonamides is 1. The Balaban J connectivity index is 2.16. The van der Waals surface area contributed by atoms with Gasteiger partial charge in [-0.15, -0.1) is 6.42 Å². The second-order valence-corrected chi connectivity index (χ2v) is 6.04. The molecule has 6 heteroatoms. The molecule has 1 fully saturated rings. The van der Waals surface area contributed by atoms with Gasteiger partial charge in [0.05, 0.1) is 0 Å². The minimum atomic E-state index is -3.34. The fraction of sp³-hybridized carbons (Fsp3) is 0.417. The topological polar surface area (TPSA) is 63.6 Å². The highest BCUT2D eigenvalue weighted by Crippen LogP contribution is 2.19. The number of H-pyrrole nitrogens is 1. The van der Waals surface area contributed by atoms with E-state index >= 15 is 0 Å². The van der Waals surface area contributed by atoms with Crippen LogP contribution < -0.4 is 10.3 Å². The van der Waals surface area contributed by atoms with Crippen LogP contribution in [-0.2, 0) is 10.0 Å². The number of aromatic amines is 1. The van der Waals surface area contributed by atoms with Crippen molar-refractivity contribution in [1.29, 1.82) is 0 Å². The Labute approximate surface area is 107 Å². The molecule has 1 aliphatic rings. The summed E-state index contributed by atoms with van der Waals surface area (Å²) in [5.41, 5.74) is 0. The molecular weight excluding hydrogens is 250 g/mol. The van der Waals surface area contributed by atoms with Gasteiger partial charge < -0.3 is 0 Å². The number of pyridine rings is 1. The van der Waals surface area contributed by atoms with Crippen LogP contribution in [0.15, 0.2) is 23.2 Å². The van der Waals surface area contributed by atoms with E-state index in [4.69, 9.17) is 6.42 Å². The summed E-state index contributed by atoms with van der Waals surface area (Å²) in [6, 6.07) is 3.27. The Bertz CT molecular complexity index is 540. The first-order valence-corrected chi connectivity index (χ1v) is 7.28. The van der Waals surface area contributed by atoms with Crippen LogP contribution in [0.5, 0.6) is 0 Å². The van der Waals surface area contributed by atoms with Crippen molar-refractivity contribution in [3.8, 4) is 12.3 Å². The van der Waals surface area contributed by atoms with Crippen LogP contribution in [0.1, 0.15) is 12.8 Å². The number of rotatable bonds is 4. The molecule has 1 aromatic rings. The lowest BCUT2D eigenvalue weighted by molar-refractivity contribution is -0.364. The molecule has 0 aliphatic carbocycles. The molecule has 1 aromatic heterocycles. The third-order valence-electron chi connectivity index (χ3n) is 2.87. The maximum atomic E-state index is 12.2. The average molecular weight is 266 g/mol. The summed E-state index contributed by atoms with van der Waals surface area (Å²) in [5.74, 6) is 3.15. The molecule has 2 heterocycles. The predicted octanol–water partition coefficient (Wildman–Crippen LogP) is 0.330. The lowest BCUT2D eigenvalue weighted by Gasteiger charge is -2.14. The Morgan fingerprint density at radius 1 is 1.39 bits per heavy atom. The van der Waals surface area contributed by atoms with Gasteiger partial charge in [-0.25, -0.2) is 13.4 Å². The van der Waals surface area contributed by atoms with E-state index < -0.39 is 10.0 Å². The first-order valence-electron chi connectivity index (χ1n) is 5.84. The highest BCUT2D eigenvalue weighted by molar-refractivity contribution is 7.89. The Kier molecular flexibility index (Phi) is 3.84. The molecule has 18 heavy (non-hydrogen) atoms. The van der Waals surface area contributed by atoms with Gasteiger partial charge in [0, 0.05) is 19.2 Å². The SMILES string of the molecule is C#CCNc1ccc(S(=O)(=O)N2CCCC2)c[nH+]1. The number of nitrogens with one attached hydrogen (secondary N) is 2. The number of hydrogen-bond acceptors (Lipinski definition) is 3. The number of hydrogen-bond donors (Lipinski definition) is 1. The Hall–Kier alpha value is -1.58. The van der Waals surface area contributed by atoms with Crippen molar-refractivity contribution in [2.45, 2.75) is 17.7 Å². The molecule has 0 atom stereocenters. The molecule has 0 unspecified atom stereocenters. The van der Waals surface area contributed by atoms with Gasteiger partial charge in [-0.1, -0.05) is 5.92 Å². The lowest BCUT2D eigenvalue weighted by atomic mass is 10.4. The third-order valence-corrected chi connectivity index (χ3v) is 4.76. The summed E-state index contributed by atoms with van der Waals surface area (Å²) in [4.78, 5) is 3.18. The molecule has 0 radical (unpaired) electrons. The second kappa shape index (κ2) is 5.38. The van der Waals surface area contributed by atoms with Crippen LogP contribution >= 0.6 is 0 Å². The van der Waals surface area contributed by atoms with E-state index in [9.17, 15) is 8.42 Å². The van der Waals surface area contributed by atoms with Gasteiger partial charge in [-0.2, -0.15) is 4.31 Å². The van der Waals surface area contributed by atoms with Gasteiger partial charge >= 0.3 is 0 Å². The number of nitrogens with zero attached hydrogens (tertiary/aromatic N) is 1. The Morgan fingerprint density at radius 2 is 2.11 bits per heavy atom. The molecule has 0 aromatic carbocycles. The summed E-state index contributed by atoms with van der Waals surface area (Å²) in [7, 11) is -3.34. The minimum Gasteiger partial charge on any atom is -0.263 e. The Morgan fingerprint density at radius 3 is 2.67 bits per heavy atom. The minimum absolute atomic E-state index is 0.288. The van der Waals surface area contributed by atoms with Gasteiger partial charge in [0.1, 0.15) is 17.6 Å². The maximum Gasteiger partial charge on any atom is 0.272 e. The van der Waals surface area contributed by atoms with Crippen LogP contribution in [0.25, 0.3) is 0 Å². The van der Waals surface area contributed by atoms with E-state index in [1.165, 1.54) is 10.5 Å². The van der Waals surface area contributed by atoms with Crippen LogP contribution in [0.3, 0.4) is 0 Å². The molecule has 2 N–H and O–H groups in total. The zero-order chi connectivity index (χ0) is 13.0. The van der Waals surface area contributed by atoms with Crippen LogP contribution in [0, 0.1) is 12.3 Å². The molecule has 0 bridgehead atoms. The zero-order valence-electron chi connectivity index (χ0n) is 10.0. The zero-order valence-corrected chi connectivity index (χ0v) is 10.8. The van der Waals surface area contributed by atoms with E-state index in [0.717, 1.165) is 12.8 Å². The first kappa shape index (κ1) is 12.9. The smallest absolute Gasteiger partial charge is 0.263 e. The molecule has 1 saturated heterocycles. The van der Waals surface area contributed by atoms with Crippen molar-refractivity contribution in [2.24, 2.45) is 0 Å². The largest absolute Gasteiger partial charge is 0.272 e. The first-order chi connectivity index (χ1) is 8.64. The van der Waals surface area contributed by atoms with Crippen molar-refractivity contribution < 1.29 is 13.4 Å². The van der Waals surface area contributed by atoms with Gasteiger partial charge in [0.25, 0.3) is 5.82 Å². The monoisotopic (exact) mass is 266 g/mol. The molecule has 0 saturated carbocycles. The summed E-state index contributed by atoms with van der Waals surface area (Å²) >= 11 is 0. The highest BCUT2D eigenvalue weighted by Gasteiger charge is 2.27. The van der Waals surface area contributed by atoms with E-state index in [1.807, 2.05) is 0 Å². The molecule has 0 spiro atoms. The lowest BCUT2D eigenvalue weighted by Crippen LogP contribution is -2.29. The number of anilines is 1. The van der Waals surface area contributed by atoms with E-state index in [0.29, 0.717) is 25.5 Å². The van der Waals surface area contributed by atoms with Crippen LogP contribution in [-0.4, -0.2) is 32.4 Å². The normalized spacial score (nSPS) is 16.4. The fourth-order valence-electron chi connectivity index (χ4n) is 1.90. The van der Waals surface area contributed by atoms with Gasteiger partial charge in [0.2, 0.25) is 10.0 Å². The van der Waals surface area contributed by atoms with Crippen molar-refractivity contribution in [3.63, 3.8) is 0 Å². The molecule has 5 nitrogen and oxygen atoms in total. The highest BCUT2D eigenvalue weighted by atomic mass is 32.2. The molecule has 1 aliphatic heterocycles. The maximum absolute atomic E-state index is 12.2. The molecule has 2 rings (SSSR count). The molecular formula is C12H16N3O2S+. The average Bonchev–Trinajstić information content (AvgIpc) is 2.91. The van der Waals surface area contributed by atoms with Crippen molar-refractivity contribution in [3.05, 3.63) is 18.3 Å². The van der Waals surface area contributed by atoms with Gasteiger partial charge in [-0.05, 0) is 18.9 Å². The summed E-state index contributed by atoms with van der Waals surface area (Å²) in [6.45, 7) is 1.62. The van der Waals surface area contributed by atoms with Gasteiger partial charge in [0.15, 0.2) is 0 Å². The van der Waals surface area contributed by atoms with Crippen molar-refractivity contribution in [2.75, 3.05) is 25.0 Å². The molecule has 0 amide bonds. The predicted molar refractivity (Wildman–Crippen MR) is 68.3 cm³/mol. The van der Waals surface area contributed by atoms with Crippen molar-refractivity contribution in [1.82, 2.24) is 4.31 Å². The fourth-order valence-corrected chi connectivity index (χ4v) is 3.39. The summed E-state index contributed by atoms with van der Waals surface area (Å²) in [5, 5.41) is 2.94. The molecule has 96 valence electrons. The quantitative estimate of drug-likeness (QED) is 0.799. The number of aromatic nitrogens is 1. The summed E-state index contributed by atoms with van der Waals surface area (Å²) < 4.78 is 25.9. The third kappa shape index (κ3) is 2.63. The standard InChI is InChI=1S/C12H15N3O2S/c1-2-7-13-12-6-5-11(10-14-12)18(16,17)15-8-3-4-9-15/h1,5-6,10H,3-4,7-9H2,(H,13,14)/p+1. The van der Waals surface area contributed by atoms with Gasteiger partial charge in [-0.3, -0.25) is 5.32 Å². The number of terminal acetylenes is 1. The summed E-state index contributed by atoms with van der Waals surface area (Å²) in [6.07, 6.45) is 8.49. The van der Waals surface area contributed by atoms with E-state index in [1.54, 1.807) is 12.1 Å². The van der Waals surface area contributed by atoms with Crippen LogP contribution in [0.4, 0.5) is 5.82 Å².